The lowest BCUT2D eigenvalue weighted by molar-refractivity contribution is -0.384. The van der Waals surface area contributed by atoms with Gasteiger partial charge in [0.25, 0.3) is 5.69 Å². The number of nitrogens with zero attached hydrogens (tertiary/aromatic N) is 2. The molecule has 2 aromatic rings. The van der Waals surface area contributed by atoms with Crippen LogP contribution in [0.15, 0.2) is 54.6 Å². The highest BCUT2D eigenvalue weighted by atomic mass is 32.2. The number of nitrogens with one attached hydrogen (secondary N) is 1. The molecule has 28 heavy (non-hydrogen) atoms. The van der Waals surface area contributed by atoms with Crippen molar-refractivity contribution < 1.29 is 18.1 Å². The average molecular weight is 405 g/mol. The molecule has 0 aromatic heterocycles. The molecule has 0 bridgehead atoms. The van der Waals surface area contributed by atoms with Crippen molar-refractivity contribution in [3.05, 3.63) is 70.3 Å². The van der Waals surface area contributed by atoms with E-state index < -0.39 is 27.4 Å². The highest BCUT2D eigenvalue weighted by molar-refractivity contribution is 7.92. The van der Waals surface area contributed by atoms with Gasteiger partial charge in [-0.2, -0.15) is 0 Å². The van der Waals surface area contributed by atoms with E-state index in [2.05, 4.69) is 5.32 Å². The Morgan fingerprint density at radius 3 is 2.46 bits per heavy atom. The van der Waals surface area contributed by atoms with Crippen molar-refractivity contribution in [2.75, 3.05) is 17.1 Å². The minimum absolute atomic E-state index is 0.0730. The number of anilines is 1. The molecule has 0 spiro atoms. The number of amides is 1. The molecule has 0 heterocycles. The normalized spacial score (nSPS) is 12.2. The number of aryl methyl sites for hydroxylation is 1. The Bertz CT molecular complexity index is 932. The summed E-state index contributed by atoms with van der Waals surface area (Å²) >= 11 is 0. The van der Waals surface area contributed by atoms with Crippen LogP contribution >= 0.6 is 0 Å². The summed E-state index contributed by atoms with van der Waals surface area (Å²) in [6.07, 6.45) is 2.44. The van der Waals surface area contributed by atoms with Gasteiger partial charge in [0.2, 0.25) is 15.9 Å². The number of sulfonamides is 1. The van der Waals surface area contributed by atoms with E-state index in [1.165, 1.54) is 18.2 Å². The maximum Gasteiger partial charge on any atom is 0.271 e. The Balaban J connectivity index is 2.03. The van der Waals surface area contributed by atoms with E-state index >= 15 is 0 Å². The monoisotopic (exact) mass is 405 g/mol. The summed E-state index contributed by atoms with van der Waals surface area (Å²) in [5.41, 5.74) is 0.976. The predicted octanol–water partition coefficient (Wildman–Crippen LogP) is 2.50. The number of nitro groups is 1. The van der Waals surface area contributed by atoms with Gasteiger partial charge in [-0.25, -0.2) is 8.42 Å². The van der Waals surface area contributed by atoms with Crippen LogP contribution in [0.3, 0.4) is 0 Å². The van der Waals surface area contributed by atoms with Crippen LogP contribution in [0.5, 0.6) is 0 Å². The van der Waals surface area contributed by atoms with Crippen molar-refractivity contribution >= 4 is 27.3 Å². The van der Waals surface area contributed by atoms with Crippen molar-refractivity contribution in [3.63, 3.8) is 0 Å². The van der Waals surface area contributed by atoms with E-state index in [4.69, 9.17) is 0 Å². The van der Waals surface area contributed by atoms with Gasteiger partial charge in [0, 0.05) is 18.2 Å². The molecular formula is C19H23N3O5S. The van der Waals surface area contributed by atoms with Crippen LogP contribution in [-0.4, -0.2) is 38.1 Å². The first-order valence-corrected chi connectivity index (χ1v) is 10.6. The van der Waals surface area contributed by atoms with Crippen molar-refractivity contribution in [1.29, 1.82) is 0 Å². The topological polar surface area (TPSA) is 110 Å². The predicted molar refractivity (Wildman–Crippen MR) is 108 cm³/mol. The third-order valence-electron chi connectivity index (χ3n) is 4.13. The highest BCUT2D eigenvalue weighted by Crippen LogP contribution is 2.23. The minimum Gasteiger partial charge on any atom is -0.352 e. The van der Waals surface area contributed by atoms with Crippen LogP contribution in [-0.2, 0) is 21.2 Å². The Labute approximate surface area is 164 Å². The molecule has 2 aromatic carbocycles. The number of hydrogen-bond acceptors (Lipinski definition) is 5. The molecule has 1 amide bonds. The minimum atomic E-state index is -3.80. The van der Waals surface area contributed by atoms with Gasteiger partial charge in [-0.1, -0.05) is 36.4 Å². The van der Waals surface area contributed by atoms with E-state index in [1.54, 1.807) is 0 Å². The zero-order valence-electron chi connectivity index (χ0n) is 15.7. The molecule has 0 saturated carbocycles. The standard InChI is InChI=1S/C19H23N3O5S/c1-15(11-12-16-7-4-3-5-8-16)20-19(23)14-21(28(2,26)27)17-9-6-10-18(13-17)22(24)25/h3-10,13,15H,11-12,14H2,1-2H3,(H,20,23). The van der Waals surface area contributed by atoms with Crippen molar-refractivity contribution in [1.82, 2.24) is 5.32 Å². The SMILES string of the molecule is CC(CCc1ccccc1)NC(=O)CN(c1cccc([N+](=O)[O-])c1)S(C)(=O)=O. The zero-order valence-corrected chi connectivity index (χ0v) is 16.6. The van der Waals surface area contributed by atoms with Gasteiger partial charge in [-0.15, -0.1) is 0 Å². The van der Waals surface area contributed by atoms with Gasteiger partial charge in [-0.3, -0.25) is 19.2 Å². The molecule has 1 atom stereocenters. The largest absolute Gasteiger partial charge is 0.352 e. The summed E-state index contributed by atoms with van der Waals surface area (Å²) in [4.78, 5) is 22.7. The molecular weight excluding hydrogens is 382 g/mol. The Hall–Kier alpha value is -2.94. The van der Waals surface area contributed by atoms with Gasteiger partial charge in [-0.05, 0) is 31.4 Å². The fraction of sp³-hybridized carbons (Fsp3) is 0.316. The number of nitro benzene ring substituents is 1. The fourth-order valence-corrected chi connectivity index (χ4v) is 3.56. The van der Waals surface area contributed by atoms with Crippen LogP contribution in [0, 0.1) is 10.1 Å². The van der Waals surface area contributed by atoms with Crippen molar-refractivity contribution in [3.8, 4) is 0 Å². The number of hydrogen-bond donors (Lipinski definition) is 1. The molecule has 150 valence electrons. The van der Waals surface area contributed by atoms with Crippen LogP contribution in [0.4, 0.5) is 11.4 Å². The number of rotatable bonds is 9. The molecule has 0 aliphatic heterocycles. The van der Waals surface area contributed by atoms with Gasteiger partial charge < -0.3 is 5.32 Å². The Kier molecular flexibility index (Phi) is 7.11. The number of benzene rings is 2. The molecule has 2 rings (SSSR count). The molecule has 9 heteroatoms. The van der Waals surface area contributed by atoms with Crippen LogP contribution in [0.25, 0.3) is 0 Å². The second-order valence-corrected chi connectivity index (χ2v) is 8.45. The van der Waals surface area contributed by atoms with Crippen LogP contribution in [0.2, 0.25) is 0 Å². The Morgan fingerprint density at radius 2 is 1.86 bits per heavy atom. The molecule has 0 radical (unpaired) electrons. The first-order valence-electron chi connectivity index (χ1n) is 8.72. The number of carbonyl (C=O) groups excluding carboxylic acids is 1. The summed E-state index contributed by atoms with van der Waals surface area (Å²) in [6, 6.07) is 14.9. The first-order chi connectivity index (χ1) is 13.2. The lowest BCUT2D eigenvalue weighted by Gasteiger charge is -2.23. The summed E-state index contributed by atoms with van der Waals surface area (Å²) in [7, 11) is -3.80. The van der Waals surface area contributed by atoms with Crippen molar-refractivity contribution in [2.24, 2.45) is 0 Å². The van der Waals surface area contributed by atoms with E-state index in [-0.39, 0.29) is 17.4 Å². The summed E-state index contributed by atoms with van der Waals surface area (Å²) in [5, 5.41) is 13.7. The fourth-order valence-electron chi connectivity index (χ4n) is 2.71. The van der Waals surface area contributed by atoms with Gasteiger partial charge in [0.1, 0.15) is 6.54 Å². The van der Waals surface area contributed by atoms with E-state index in [1.807, 2.05) is 37.3 Å². The number of carbonyl (C=O) groups is 1. The van der Waals surface area contributed by atoms with E-state index in [9.17, 15) is 23.3 Å². The van der Waals surface area contributed by atoms with Gasteiger partial charge >= 0.3 is 0 Å². The third kappa shape index (κ3) is 6.34. The highest BCUT2D eigenvalue weighted by Gasteiger charge is 2.23. The molecule has 0 saturated heterocycles. The quantitative estimate of drug-likeness (QED) is 0.509. The molecule has 1 unspecified atom stereocenters. The molecule has 1 N–H and O–H groups in total. The summed E-state index contributed by atoms with van der Waals surface area (Å²) in [6.45, 7) is 1.40. The summed E-state index contributed by atoms with van der Waals surface area (Å²) in [5.74, 6) is -0.475. The van der Waals surface area contributed by atoms with Crippen LogP contribution < -0.4 is 9.62 Å². The van der Waals surface area contributed by atoms with Crippen LogP contribution in [0.1, 0.15) is 18.9 Å². The smallest absolute Gasteiger partial charge is 0.271 e. The van der Waals surface area contributed by atoms with Crippen molar-refractivity contribution in [2.45, 2.75) is 25.8 Å². The lowest BCUT2D eigenvalue weighted by Crippen LogP contribution is -2.43. The van der Waals surface area contributed by atoms with Gasteiger partial charge in [0.05, 0.1) is 16.9 Å². The Morgan fingerprint density at radius 1 is 1.18 bits per heavy atom. The molecule has 0 aliphatic carbocycles. The summed E-state index contributed by atoms with van der Waals surface area (Å²) < 4.78 is 25.1. The van der Waals surface area contributed by atoms with E-state index in [0.29, 0.717) is 6.42 Å². The second kappa shape index (κ2) is 9.32. The maximum absolute atomic E-state index is 12.4. The lowest BCUT2D eigenvalue weighted by atomic mass is 10.1. The maximum atomic E-state index is 12.4. The third-order valence-corrected chi connectivity index (χ3v) is 5.27. The second-order valence-electron chi connectivity index (χ2n) is 6.54. The molecule has 0 aliphatic rings. The molecule has 8 nitrogen and oxygen atoms in total. The first kappa shape index (κ1) is 21.4. The average Bonchev–Trinajstić information content (AvgIpc) is 2.64. The van der Waals surface area contributed by atoms with E-state index in [0.717, 1.165) is 28.6 Å². The zero-order chi connectivity index (χ0) is 20.7. The number of non-ortho nitro benzene ring substituents is 1. The van der Waals surface area contributed by atoms with Gasteiger partial charge in [0.15, 0.2) is 0 Å². The molecule has 0 fully saturated rings.